The molecular weight excluding hydrogens is 307 g/mol. The molecule has 4 heteroatoms. The fourth-order valence-electron chi connectivity index (χ4n) is 1.91. The van der Waals surface area contributed by atoms with Gasteiger partial charge < -0.3 is 10.6 Å². The van der Waals surface area contributed by atoms with E-state index in [0.29, 0.717) is 0 Å². The van der Waals surface area contributed by atoms with Crippen LogP contribution in [0, 0.1) is 5.82 Å². The normalized spacial score (nSPS) is 12.3. The van der Waals surface area contributed by atoms with E-state index in [2.05, 4.69) is 15.9 Å². The van der Waals surface area contributed by atoms with Crippen LogP contribution in [0.1, 0.15) is 18.5 Å². The van der Waals surface area contributed by atoms with Gasteiger partial charge in [0.15, 0.2) is 0 Å². The molecule has 0 heterocycles. The molecule has 2 rings (SSSR count). The van der Waals surface area contributed by atoms with Crippen molar-refractivity contribution in [2.24, 2.45) is 5.73 Å². The van der Waals surface area contributed by atoms with Gasteiger partial charge in [-0.1, -0.05) is 22.0 Å². The average Bonchev–Trinajstić information content (AvgIpc) is 2.38. The first-order valence-corrected chi connectivity index (χ1v) is 6.82. The molecule has 0 unspecified atom stereocenters. The van der Waals surface area contributed by atoms with Gasteiger partial charge in [-0.25, -0.2) is 4.39 Å². The van der Waals surface area contributed by atoms with Crippen LogP contribution in [0.2, 0.25) is 0 Å². The standard InChI is InChI=1S/C15H16BrFN2/c1-10(18)14-8-7-13(9-15(14)16)19(2)12-5-3-11(17)4-6-12/h3-10H,18H2,1-2H3/t10-/m1/s1. The van der Waals surface area contributed by atoms with Crippen molar-refractivity contribution in [3.8, 4) is 0 Å². The lowest BCUT2D eigenvalue weighted by atomic mass is 10.1. The Balaban J connectivity index is 2.31. The van der Waals surface area contributed by atoms with Crippen LogP contribution in [0.4, 0.5) is 15.8 Å². The third-order valence-corrected chi connectivity index (χ3v) is 3.76. The maximum atomic E-state index is 12.9. The molecule has 100 valence electrons. The molecule has 0 aromatic heterocycles. The monoisotopic (exact) mass is 322 g/mol. The maximum absolute atomic E-state index is 12.9. The average molecular weight is 323 g/mol. The number of nitrogens with two attached hydrogens (primary N) is 1. The van der Waals surface area contributed by atoms with E-state index in [1.165, 1.54) is 12.1 Å². The Morgan fingerprint density at radius 3 is 2.21 bits per heavy atom. The number of nitrogens with zero attached hydrogens (tertiary/aromatic N) is 1. The lowest BCUT2D eigenvalue weighted by Crippen LogP contribution is -2.11. The second-order valence-corrected chi connectivity index (χ2v) is 5.38. The number of rotatable bonds is 3. The van der Waals surface area contributed by atoms with Crippen LogP contribution in [-0.2, 0) is 0 Å². The van der Waals surface area contributed by atoms with Crippen molar-refractivity contribution in [1.82, 2.24) is 0 Å². The number of benzene rings is 2. The highest BCUT2D eigenvalue weighted by atomic mass is 79.9. The minimum Gasteiger partial charge on any atom is -0.345 e. The minimum atomic E-state index is -0.231. The van der Waals surface area contributed by atoms with Crippen molar-refractivity contribution in [3.63, 3.8) is 0 Å². The zero-order valence-electron chi connectivity index (χ0n) is 10.9. The molecule has 0 saturated heterocycles. The van der Waals surface area contributed by atoms with Crippen molar-refractivity contribution in [3.05, 3.63) is 58.3 Å². The van der Waals surface area contributed by atoms with Crippen LogP contribution in [0.15, 0.2) is 46.9 Å². The van der Waals surface area contributed by atoms with E-state index in [1.54, 1.807) is 12.1 Å². The number of hydrogen-bond donors (Lipinski definition) is 1. The van der Waals surface area contributed by atoms with E-state index in [0.717, 1.165) is 21.4 Å². The van der Waals surface area contributed by atoms with Crippen LogP contribution < -0.4 is 10.6 Å². The molecule has 19 heavy (non-hydrogen) atoms. The summed E-state index contributed by atoms with van der Waals surface area (Å²) in [5.41, 5.74) is 8.90. The van der Waals surface area contributed by atoms with Gasteiger partial charge in [0, 0.05) is 28.9 Å². The summed E-state index contributed by atoms with van der Waals surface area (Å²) in [6.45, 7) is 1.95. The van der Waals surface area contributed by atoms with Crippen LogP contribution >= 0.6 is 15.9 Å². The van der Waals surface area contributed by atoms with Gasteiger partial charge >= 0.3 is 0 Å². The highest BCUT2D eigenvalue weighted by molar-refractivity contribution is 9.10. The van der Waals surface area contributed by atoms with Crippen LogP contribution in [0.25, 0.3) is 0 Å². The zero-order chi connectivity index (χ0) is 14.0. The first-order chi connectivity index (χ1) is 8.99. The highest BCUT2D eigenvalue weighted by Gasteiger charge is 2.09. The summed E-state index contributed by atoms with van der Waals surface area (Å²) in [4.78, 5) is 2.00. The Morgan fingerprint density at radius 1 is 1.11 bits per heavy atom. The first kappa shape index (κ1) is 14.0. The third kappa shape index (κ3) is 3.14. The Kier molecular flexibility index (Phi) is 4.22. The largest absolute Gasteiger partial charge is 0.345 e. The molecule has 0 fully saturated rings. The summed E-state index contributed by atoms with van der Waals surface area (Å²) < 4.78 is 13.9. The predicted octanol–water partition coefficient (Wildman–Crippen LogP) is 4.38. The van der Waals surface area contributed by atoms with Gasteiger partial charge in [0.2, 0.25) is 0 Å². The topological polar surface area (TPSA) is 29.3 Å². The lowest BCUT2D eigenvalue weighted by Gasteiger charge is -2.21. The van der Waals surface area contributed by atoms with Gasteiger partial charge in [0.05, 0.1) is 0 Å². The zero-order valence-corrected chi connectivity index (χ0v) is 12.5. The molecule has 0 amide bonds. The maximum Gasteiger partial charge on any atom is 0.123 e. The van der Waals surface area contributed by atoms with Crippen LogP contribution in [0.3, 0.4) is 0 Å². The molecule has 2 nitrogen and oxygen atoms in total. The van der Waals surface area contributed by atoms with Crippen molar-refractivity contribution >= 4 is 27.3 Å². The Morgan fingerprint density at radius 2 is 1.68 bits per heavy atom. The van der Waals surface area contributed by atoms with Gasteiger partial charge in [0.25, 0.3) is 0 Å². The van der Waals surface area contributed by atoms with E-state index >= 15 is 0 Å². The molecule has 2 aromatic carbocycles. The molecule has 0 spiro atoms. The summed E-state index contributed by atoms with van der Waals surface area (Å²) >= 11 is 3.53. The Hall–Kier alpha value is -1.39. The van der Waals surface area contributed by atoms with Gasteiger partial charge in [-0.3, -0.25) is 0 Å². The van der Waals surface area contributed by atoms with E-state index in [9.17, 15) is 4.39 Å². The number of halogens is 2. The summed E-state index contributed by atoms with van der Waals surface area (Å²) in [6, 6.07) is 12.4. The molecular formula is C15H16BrFN2. The molecule has 0 aliphatic carbocycles. The van der Waals surface area contributed by atoms with Crippen LogP contribution in [-0.4, -0.2) is 7.05 Å². The molecule has 2 aromatic rings. The van der Waals surface area contributed by atoms with E-state index in [4.69, 9.17) is 5.73 Å². The SMILES string of the molecule is C[C@@H](N)c1ccc(N(C)c2ccc(F)cc2)cc1Br. The van der Waals surface area contributed by atoms with Gasteiger partial charge in [-0.15, -0.1) is 0 Å². The fourth-order valence-corrected chi connectivity index (χ4v) is 2.64. The first-order valence-electron chi connectivity index (χ1n) is 6.03. The number of hydrogen-bond acceptors (Lipinski definition) is 2. The second-order valence-electron chi connectivity index (χ2n) is 4.53. The van der Waals surface area contributed by atoms with E-state index in [1.807, 2.05) is 37.1 Å². The molecule has 0 bridgehead atoms. The summed E-state index contributed by atoms with van der Waals surface area (Å²) in [5.74, 6) is -0.231. The number of anilines is 2. The third-order valence-electron chi connectivity index (χ3n) is 3.08. The van der Waals surface area contributed by atoms with Crippen molar-refractivity contribution in [1.29, 1.82) is 0 Å². The molecule has 1 atom stereocenters. The van der Waals surface area contributed by atoms with Crippen LogP contribution in [0.5, 0.6) is 0 Å². The highest BCUT2D eigenvalue weighted by Crippen LogP contribution is 2.30. The predicted molar refractivity (Wildman–Crippen MR) is 81.2 cm³/mol. The summed E-state index contributed by atoms with van der Waals surface area (Å²) in [7, 11) is 1.94. The van der Waals surface area contributed by atoms with E-state index < -0.39 is 0 Å². The lowest BCUT2D eigenvalue weighted by molar-refractivity contribution is 0.628. The van der Waals surface area contributed by atoms with Crippen molar-refractivity contribution < 1.29 is 4.39 Å². The minimum absolute atomic E-state index is 0.0143. The van der Waals surface area contributed by atoms with Gasteiger partial charge in [0.1, 0.15) is 5.82 Å². The van der Waals surface area contributed by atoms with Crippen molar-refractivity contribution in [2.45, 2.75) is 13.0 Å². The molecule has 0 radical (unpaired) electrons. The Bertz CT molecular complexity index is 567. The quantitative estimate of drug-likeness (QED) is 0.908. The molecule has 0 aliphatic rings. The second kappa shape index (κ2) is 5.72. The molecule has 2 N–H and O–H groups in total. The van der Waals surface area contributed by atoms with Gasteiger partial charge in [-0.2, -0.15) is 0 Å². The smallest absolute Gasteiger partial charge is 0.123 e. The van der Waals surface area contributed by atoms with E-state index in [-0.39, 0.29) is 11.9 Å². The molecule has 0 saturated carbocycles. The summed E-state index contributed by atoms with van der Waals surface area (Å²) in [6.07, 6.45) is 0. The Labute approximate surface area is 121 Å². The van der Waals surface area contributed by atoms with Gasteiger partial charge in [-0.05, 0) is 48.9 Å². The fraction of sp³-hybridized carbons (Fsp3) is 0.200. The molecule has 0 aliphatic heterocycles. The summed E-state index contributed by atoms with van der Waals surface area (Å²) in [5, 5.41) is 0. The van der Waals surface area contributed by atoms with Crippen molar-refractivity contribution in [2.75, 3.05) is 11.9 Å².